The number of para-hydroxylation sites is 1. The van der Waals surface area contributed by atoms with Gasteiger partial charge < -0.3 is 4.74 Å². The van der Waals surface area contributed by atoms with Crippen molar-refractivity contribution in [1.82, 2.24) is 4.90 Å². The molecule has 21 heavy (non-hydrogen) atoms. The molecule has 2 heteroatoms. The Morgan fingerprint density at radius 2 is 1.71 bits per heavy atom. The van der Waals surface area contributed by atoms with Crippen molar-refractivity contribution in [2.75, 3.05) is 13.1 Å². The highest BCUT2D eigenvalue weighted by molar-refractivity contribution is 5.35. The zero-order valence-electron chi connectivity index (χ0n) is 12.2. The highest BCUT2D eigenvalue weighted by Gasteiger charge is 2.29. The van der Waals surface area contributed by atoms with Crippen molar-refractivity contribution in [3.63, 3.8) is 0 Å². The van der Waals surface area contributed by atoms with Gasteiger partial charge in [-0.3, -0.25) is 4.90 Å². The van der Waals surface area contributed by atoms with Crippen molar-refractivity contribution in [2.24, 2.45) is 5.92 Å². The molecule has 0 unspecified atom stereocenters. The molecule has 2 aliphatic rings. The highest BCUT2D eigenvalue weighted by atomic mass is 16.5. The van der Waals surface area contributed by atoms with Crippen LogP contribution in [0.4, 0.5) is 0 Å². The van der Waals surface area contributed by atoms with E-state index in [1.165, 1.54) is 30.5 Å². The molecule has 2 aromatic carbocycles. The molecule has 0 bridgehead atoms. The minimum absolute atomic E-state index is 0.133. The molecule has 0 saturated heterocycles. The molecule has 0 N–H and O–H groups in total. The Hall–Kier alpha value is -1.80. The summed E-state index contributed by atoms with van der Waals surface area (Å²) in [4.78, 5) is 2.57. The monoisotopic (exact) mass is 279 g/mol. The predicted octanol–water partition coefficient (Wildman–Crippen LogP) is 4.03. The minimum Gasteiger partial charge on any atom is -0.484 e. The summed E-state index contributed by atoms with van der Waals surface area (Å²) in [5.41, 5.74) is 2.59. The van der Waals surface area contributed by atoms with Crippen LogP contribution in [-0.2, 0) is 6.54 Å². The van der Waals surface area contributed by atoms with Crippen molar-refractivity contribution >= 4 is 0 Å². The molecule has 0 amide bonds. The Balaban J connectivity index is 1.64. The number of nitrogens with zero attached hydrogens (tertiary/aromatic N) is 1. The number of fused-ring (bicyclic) bond motifs is 1. The van der Waals surface area contributed by atoms with Crippen LogP contribution in [0.3, 0.4) is 0 Å². The van der Waals surface area contributed by atoms with Gasteiger partial charge in [-0.15, -0.1) is 0 Å². The fourth-order valence-corrected chi connectivity index (χ4v) is 3.13. The SMILES string of the molecule is c1ccc([C@H]2CN(CC3CC3)Cc3ccccc3O2)cc1. The summed E-state index contributed by atoms with van der Waals surface area (Å²) in [7, 11) is 0. The molecular formula is C19H21NO. The molecule has 1 heterocycles. The first-order valence-electron chi connectivity index (χ1n) is 7.90. The maximum atomic E-state index is 6.33. The number of ether oxygens (including phenoxy) is 1. The van der Waals surface area contributed by atoms with E-state index in [2.05, 4.69) is 59.5 Å². The summed E-state index contributed by atoms with van der Waals surface area (Å²) in [6, 6.07) is 19.1. The van der Waals surface area contributed by atoms with Gasteiger partial charge in [0.25, 0.3) is 0 Å². The first-order chi connectivity index (χ1) is 10.4. The van der Waals surface area contributed by atoms with Crippen LogP contribution < -0.4 is 4.74 Å². The van der Waals surface area contributed by atoms with Crippen LogP contribution in [0, 0.1) is 5.92 Å². The van der Waals surface area contributed by atoms with Gasteiger partial charge in [0, 0.05) is 25.2 Å². The molecule has 1 fully saturated rings. The summed E-state index contributed by atoms with van der Waals surface area (Å²) in [6.45, 7) is 3.20. The van der Waals surface area contributed by atoms with Crippen LogP contribution >= 0.6 is 0 Å². The van der Waals surface area contributed by atoms with Crippen molar-refractivity contribution < 1.29 is 4.74 Å². The van der Waals surface area contributed by atoms with Crippen LogP contribution in [-0.4, -0.2) is 18.0 Å². The van der Waals surface area contributed by atoms with E-state index in [-0.39, 0.29) is 6.10 Å². The van der Waals surface area contributed by atoms with Crippen LogP contribution in [0.5, 0.6) is 5.75 Å². The van der Waals surface area contributed by atoms with Crippen molar-refractivity contribution in [2.45, 2.75) is 25.5 Å². The van der Waals surface area contributed by atoms with Gasteiger partial charge in [0.1, 0.15) is 11.9 Å². The molecule has 0 aromatic heterocycles. The van der Waals surface area contributed by atoms with Crippen LogP contribution in [0.25, 0.3) is 0 Å². The molecule has 2 aromatic rings. The van der Waals surface area contributed by atoms with E-state index >= 15 is 0 Å². The van der Waals surface area contributed by atoms with E-state index in [4.69, 9.17) is 4.74 Å². The minimum atomic E-state index is 0.133. The van der Waals surface area contributed by atoms with Crippen LogP contribution in [0.15, 0.2) is 54.6 Å². The third-order valence-electron chi connectivity index (χ3n) is 4.44. The lowest BCUT2D eigenvalue weighted by molar-refractivity contribution is 0.145. The van der Waals surface area contributed by atoms with Gasteiger partial charge in [0.2, 0.25) is 0 Å². The van der Waals surface area contributed by atoms with Gasteiger partial charge in [-0.25, -0.2) is 0 Å². The number of benzene rings is 2. The summed E-state index contributed by atoms with van der Waals surface area (Å²) in [5, 5.41) is 0. The Kier molecular flexibility index (Phi) is 3.40. The van der Waals surface area contributed by atoms with E-state index < -0.39 is 0 Å². The van der Waals surface area contributed by atoms with Gasteiger partial charge >= 0.3 is 0 Å². The van der Waals surface area contributed by atoms with Crippen LogP contribution in [0.2, 0.25) is 0 Å². The Morgan fingerprint density at radius 3 is 2.52 bits per heavy atom. The van der Waals surface area contributed by atoms with Crippen LogP contribution in [0.1, 0.15) is 30.1 Å². The molecular weight excluding hydrogens is 258 g/mol. The lowest BCUT2D eigenvalue weighted by Crippen LogP contribution is -2.30. The third-order valence-corrected chi connectivity index (χ3v) is 4.44. The maximum Gasteiger partial charge on any atom is 0.136 e. The summed E-state index contributed by atoms with van der Waals surface area (Å²) in [5.74, 6) is 1.95. The van der Waals surface area contributed by atoms with E-state index in [0.29, 0.717) is 0 Å². The van der Waals surface area contributed by atoms with Crippen molar-refractivity contribution in [3.05, 3.63) is 65.7 Å². The average molecular weight is 279 g/mol. The summed E-state index contributed by atoms with van der Waals surface area (Å²) in [6.07, 6.45) is 2.93. The van der Waals surface area contributed by atoms with Crippen molar-refractivity contribution in [1.29, 1.82) is 0 Å². The first-order valence-corrected chi connectivity index (χ1v) is 7.90. The fraction of sp³-hybridized carbons (Fsp3) is 0.368. The second-order valence-electron chi connectivity index (χ2n) is 6.26. The van der Waals surface area contributed by atoms with Gasteiger partial charge in [-0.05, 0) is 30.4 Å². The topological polar surface area (TPSA) is 12.5 Å². The van der Waals surface area contributed by atoms with Gasteiger partial charge in [0.15, 0.2) is 0 Å². The summed E-state index contributed by atoms with van der Waals surface area (Å²) >= 11 is 0. The zero-order valence-corrected chi connectivity index (χ0v) is 12.2. The lowest BCUT2D eigenvalue weighted by Gasteiger charge is -2.24. The smallest absolute Gasteiger partial charge is 0.136 e. The molecule has 1 saturated carbocycles. The quantitative estimate of drug-likeness (QED) is 0.841. The van der Waals surface area contributed by atoms with Gasteiger partial charge in [-0.1, -0.05) is 48.5 Å². The molecule has 1 atom stereocenters. The van der Waals surface area contributed by atoms with E-state index in [9.17, 15) is 0 Å². The average Bonchev–Trinajstić information content (AvgIpc) is 3.34. The Bertz CT molecular complexity index is 606. The number of hydrogen-bond acceptors (Lipinski definition) is 2. The molecule has 1 aliphatic carbocycles. The predicted molar refractivity (Wildman–Crippen MR) is 84.3 cm³/mol. The normalized spacial score (nSPS) is 22.2. The van der Waals surface area contributed by atoms with Gasteiger partial charge in [0.05, 0.1) is 0 Å². The largest absolute Gasteiger partial charge is 0.484 e. The molecule has 0 spiro atoms. The molecule has 0 radical (unpaired) electrons. The highest BCUT2D eigenvalue weighted by Crippen LogP contribution is 2.35. The fourth-order valence-electron chi connectivity index (χ4n) is 3.13. The maximum absolute atomic E-state index is 6.33. The van der Waals surface area contributed by atoms with Gasteiger partial charge in [-0.2, -0.15) is 0 Å². The van der Waals surface area contributed by atoms with E-state index in [1.807, 2.05) is 0 Å². The zero-order chi connectivity index (χ0) is 14.1. The second-order valence-corrected chi connectivity index (χ2v) is 6.26. The third kappa shape index (κ3) is 2.96. The Labute approximate surface area is 126 Å². The van der Waals surface area contributed by atoms with E-state index in [0.717, 1.165) is 24.8 Å². The standard InChI is InChI=1S/C19H21NO/c1-2-6-16(7-3-1)19-14-20(12-15-10-11-15)13-17-8-4-5-9-18(17)21-19/h1-9,15,19H,10-14H2/t19-/m1/s1. The van der Waals surface area contributed by atoms with E-state index in [1.54, 1.807) is 0 Å². The number of hydrogen-bond donors (Lipinski definition) is 0. The molecule has 108 valence electrons. The summed E-state index contributed by atoms with van der Waals surface area (Å²) < 4.78 is 6.33. The Morgan fingerprint density at radius 1 is 0.952 bits per heavy atom. The lowest BCUT2D eigenvalue weighted by atomic mass is 10.1. The van der Waals surface area contributed by atoms with Crippen molar-refractivity contribution in [3.8, 4) is 5.75 Å². The second kappa shape index (κ2) is 5.53. The number of rotatable bonds is 3. The molecule has 4 rings (SSSR count). The molecule has 2 nitrogen and oxygen atoms in total. The first kappa shape index (κ1) is 12.9. The molecule has 1 aliphatic heterocycles.